The van der Waals surface area contributed by atoms with Crippen molar-refractivity contribution in [3.05, 3.63) is 218 Å². The Morgan fingerprint density at radius 3 is 1.59 bits per heavy atom. The van der Waals surface area contributed by atoms with Gasteiger partial charge in [0.25, 0.3) is 0 Å². The van der Waals surface area contributed by atoms with E-state index in [9.17, 15) is 0 Å². The molecule has 278 valence electrons. The van der Waals surface area contributed by atoms with Crippen LogP contribution in [0, 0.1) is 0 Å². The van der Waals surface area contributed by atoms with E-state index in [1.807, 2.05) is 0 Å². The molecule has 0 fully saturated rings. The standard InChI is InChI=1S/C56H44N2/c1-56(2,3)53-19-11-9-17-50(53)43-28-33-48(34-29-43)57(49-35-27-39-13-7-8-14-44(39)37-49)47-31-25-41(26-32-47)40-21-23-42(24-22-40)45-30-36-55-52(38-45)51-18-10-12-20-54(51)58(55)46-15-5-4-6-16-46/h4-38H,1-3H3. The first-order chi connectivity index (χ1) is 28.4. The lowest BCUT2D eigenvalue weighted by Gasteiger charge is -2.27. The van der Waals surface area contributed by atoms with E-state index in [1.165, 1.54) is 77.2 Å². The van der Waals surface area contributed by atoms with Crippen LogP contribution in [0.2, 0.25) is 0 Å². The summed E-state index contributed by atoms with van der Waals surface area (Å²) < 4.78 is 2.37. The fourth-order valence-electron chi connectivity index (χ4n) is 8.61. The van der Waals surface area contributed by atoms with Crippen molar-refractivity contribution in [1.82, 2.24) is 4.57 Å². The first-order valence-electron chi connectivity index (χ1n) is 20.2. The van der Waals surface area contributed by atoms with Gasteiger partial charge in [-0.2, -0.15) is 0 Å². The maximum absolute atomic E-state index is 2.37. The summed E-state index contributed by atoms with van der Waals surface area (Å²) in [6.07, 6.45) is 0. The molecule has 0 aliphatic heterocycles. The van der Waals surface area contributed by atoms with Gasteiger partial charge in [-0.3, -0.25) is 0 Å². The molecule has 0 aliphatic carbocycles. The maximum atomic E-state index is 2.37. The van der Waals surface area contributed by atoms with E-state index in [2.05, 4.69) is 243 Å². The van der Waals surface area contributed by atoms with Crippen LogP contribution in [-0.4, -0.2) is 4.57 Å². The van der Waals surface area contributed by atoms with Gasteiger partial charge in [0.2, 0.25) is 0 Å². The van der Waals surface area contributed by atoms with Crippen LogP contribution in [-0.2, 0) is 5.41 Å². The lowest BCUT2D eigenvalue weighted by atomic mass is 9.82. The van der Waals surface area contributed by atoms with E-state index in [4.69, 9.17) is 0 Å². The highest BCUT2D eigenvalue weighted by molar-refractivity contribution is 6.10. The van der Waals surface area contributed by atoms with Crippen molar-refractivity contribution in [2.75, 3.05) is 4.90 Å². The van der Waals surface area contributed by atoms with E-state index < -0.39 is 0 Å². The van der Waals surface area contributed by atoms with Gasteiger partial charge in [-0.25, -0.2) is 0 Å². The predicted molar refractivity (Wildman–Crippen MR) is 248 cm³/mol. The Morgan fingerprint density at radius 2 is 0.879 bits per heavy atom. The third-order valence-electron chi connectivity index (χ3n) is 11.5. The first kappa shape index (κ1) is 35.3. The smallest absolute Gasteiger partial charge is 0.0541 e. The van der Waals surface area contributed by atoms with E-state index >= 15 is 0 Å². The molecule has 0 spiro atoms. The van der Waals surface area contributed by atoms with Crippen molar-refractivity contribution in [2.24, 2.45) is 0 Å². The Labute approximate surface area is 340 Å². The molecular formula is C56H44N2. The Morgan fingerprint density at radius 1 is 0.362 bits per heavy atom. The van der Waals surface area contributed by atoms with Crippen molar-refractivity contribution in [3.63, 3.8) is 0 Å². The molecule has 0 radical (unpaired) electrons. The number of aromatic nitrogens is 1. The average Bonchev–Trinajstić information content (AvgIpc) is 3.61. The summed E-state index contributed by atoms with van der Waals surface area (Å²) in [6, 6.07) is 77.3. The molecule has 0 amide bonds. The number of hydrogen-bond donors (Lipinski definition) is 0. The van der Waals surface area contributed by atoms with Gasteiger partial charge in [0.1, 0.15) is 0 Å². The van der Waals surface area contributed by atoms with Crippen LogP contribution < -0.4 is 4.90 Å². The monoisotopic (exact) mass is 744 g/mol. The van der Waals surface area contributed by atoms with Gasteiger partial charge >= 0.3 is 0 Å². The van der Waals surface area contributed by atoms with Crippen LogP contribution >= 0.6 is 0 Å². The van der Waals surface area contributed by atoms with Crippen LogP contribution in [0.5, 0.6) is 0 Å². The van der Waals surface area contributed by atoms with Crippen LogP contribution in [0.3, 0.4) is 0 Å². The largest absolute Gasteiger partial charge is 0.310 e. The summed E-state index contributed by atoms with van der Waals surface area (Å²) in [6.45, 7) is 6.85. The number of nitrogens with zero attached hydrogens (tertiary/aromatic N) is 2. The lowest BCUT2D eigenvalue weighted by molar-refractivity contribution is 0.592. The highest BCUT2D eigenvalue weighted by Gasteiger charge is 2.20. The molecule has 0 atom stereocenters. The highest BCUT2D eigenvalue weighted by atomic mass is 15.1. The molecule has 0 aliphatic rings. The van der Waals surface area contributed by atoms with Crippen molar-refractivity contribution in [2.45, 2.75) is 26.2 Å². The minimum absolute atomic E-state index is 0.0498. The summed E-state index contributed by atoms with van der Waals surface area (Å²) in [7, 11) is 0. The van der Waals surface area contributed by atoms with Gasteiger partial charge in [-0.15, -0.1) is 0 Å². The van der Waals surface area contributed by atoms with Gasteiger partial charge in [0, 0.05) is 33.5 Å². The zero-order chi connectivity index (χ0) is 39.2. The summed E-state index contributed by atoms with van der Waals surface area (Å²) in [4.78, 5) is 2.36. The third-order valence-corrected chi connectivity index (χ3v) is 11.5. The molecule has 2 heteroatoms. The van der Waals surface area contributed by atoms with Gasteiger partial charge in [0.15, 0.2) is 0 Å². The lowest BCUT2D eigenvalue weighted by Crippen LogP contribution is -2.12. The molecule has 58 heavy (non-hydrogen) atoms. The molecule has 9 aromatic carbocycles. The van der Waals surface area contributed by atoms with Crippen LogP contribution in [0.4, 0.5) is 17.1 Å². The Hall–Kier alpha value is -7.16. The SMILES string of the molecule is CC(C)(C)c1ccccc1-c1ccc(N(c2ccc(-c3ccc(-c4ccc5c(c4)c4ccccc4n5-c4ccccc4)cc3)cc2)c2ccc3ccccc3c2)cc1. The van der Waals surface area contributed by atoms with Crippen molar-refractivity contribution in [3.8, 4) is 39.1 Å². The Bertz CT molecular complexity index is 3060. The molecule has 0 unspecified atom stereocenters. The number of anilines is 3. The normalized spacial score (nSPS) is 11.7. The average molecular weight is 745 g/mol. The van der Waals surface area contributed by atoms with Gasteiger partial charge in [-0.05, 0) is 122 Å². The van der Waals surface area contributed by atoms with E-state index in [0.29, 0.717) is 0 Å². The van der Waals surface area contributed by atoms with E-state index in [-0.39, 0.29) is 5.41 Å². The topological polar surface area (TPSA) is 8.17 Å². The fourth-order valence-corrected chi connectivity index (χ4v) is 8.61. The molecule has 0 N–H and O–H groups in total. The van der Waals surface area contributed by atoms with Gasteiger partial charge in [0.05, 0.1) is 11.0 Å². The van der Waals surface area contributed by atoms with Gasteiger partial charge < -0.3 is 9.47 Å². The number of rotatable bonds is 7. The third kappa shape index (κ3) is 6.43. The maximum Gasteiger partial charge on any atom is 0.0541 e. The quantitative estimate of drug-likeness (QED) is 0.158. The second-order valence-corrected chi connectivity index (χ2v) is 16.3. The van der Waals surface area contributed by atoms with Crippen molar-refractivity contribution in [1.29, 1.82) is 0 Å². The minimum Gasteiger partial charge on any atom is -0.310 e. The summed E-state index contributed by atoms with van der Waals surface area (Å²) in [5.41, 5.74) is 15.7. The fraction of sp³-hybridized carbons (Fsp3) is 0.0714. The van der Waals surface area contributed by atoms with Crippen LogP contribution in [0.15, 0.2) is 212 Å². The van der Waals surface area contributed by atoms with Crippen molar-refractivity contribution >= 4 is 49.6 Å². The number of hydrogen-bond acceptors (Lipinski definition) is 1. The Kier molecular flexibility index (Phi) is 8.76. The second-order valence-electron chi connectivity index (χ2n) is 16.3. The molecule has 2 nitrogen and oxygen atoms in total. The van der Waals surface area contributed by atoms with Crippen LogP contribution in [0.25, 0.3) is 71.6 Å². The van der Waals surface area contributed by atoms with Crippen molar-refractivity contribution < 1.29 is 0 Å². The Balaban J connectivity index is 0.975. The zero-order valence-corrected chi connectivity index (χ0v) is 33.1. The molecule has 1 heterocycles. The molecule has 0 saturated carbocycles. The van der Waals surface area contributed by atoms with Crippen LogP contribution in [0.1, 0.15) is 26.3 Å². The number of benzene rings is 9. The second kappa shape index (κ2) is 14.4. The summed E-state index contributed by atoms with van der Waals surface area (Å²) in [5.74, 6) is 0. The minimum atomic E-state index is 0.0498. The van der Waals surface area contributed by atoms with E-state index in [1.54, 1.807) is 0 Å². The summed E-state index contributed by atoms with van der Waals surface area (Å²) >= 11 is 0. The summed E-state index contributed by atoms with van der Waals surface area (Å²) in [5, 5.41) is 4.98. The number of fused-ring (bicyclic) bond motifs is 4. The first-order valence-corrected chi connectivity index (χ1v) is 20.2. The molecule has 0 saturated heterocycles. The number of para-hydroxylation sites is 2. The predicted octanol–water partition coefficient (Wildman–Crippen LogP) is 15.7. The van der Waals surface area contributed by atoms with Gasteiger partial charge in [-0.1, -0.05) is 166 Å². The zero-order valence-electron chi connectivity index (χ0n) is 33.1. The molecule has 10 aromatic rings. The molecule has 1 aromatic heterocycles. The molecule has 10 rings (SSSR count). The molecular weight excluding hydrogens is 701 g/mol. The molecule has 0 bridgehead atoms. The van der Waals surface area contributed by atoms with E-state index in [0.717, 1.165) is 17.1 Å². The highest BCUT2D eigenvalue weighted by Crippen LogP contribution is 2.40.